The van der Waals surface area contributed by atoms with Gasteiger partial charge in [0.25, 0.3) is 0 Å². The fourth-order valence-electron chi connectivity index (χ4n) is 3.40. The summed E-state index contributed by atoms with van der Waals surface area (Å²) >= 11 is 7.66. The van der Waals surface area contributed by atoms with Crippen molar-refractivity contribution in [1.29, 1.82) is 0 Å². The van der Waals surface area contributed by atoms with Crippen molar-refractivity contribution in [3.05, 3.63) is 57.9 Å². The highest BCUT2D eigenvalue weighted by atomic mass is 35.5. The van der Waals surface area contributed by atoms with Gasteiger partial charge in [0, 0.05) is 43.3 Å². The van der Waals surface area contributed by atoms with Crippen LogP contribution in [0, 0.1) is 0 Å². The molecule has 1 aliphatic rings. The summed E-state index contributed by atoms with van der Waals surface area (Å²) in [7, 11) is 0. The molecule has 0 bridgehead atoms. The number of hydrogen-bond acceptors (Lipinski definition) is 6. The maximum Gasteiger partial charge on any atom is 0.346 e. The number of anilines is 1. The maximum absolute atomic E-state index is 12.6. The number of piperazine rings is 1. The van der Waals surface area contributed by atoms with Gasteiger partial charge in [-0.1, -0.05) is 17.7 Å². The molecule has 1 N–H and O–H groups in total. The molecule has 0 aliphatic carbocycles. The SMILES string of the molecule is O=c1oc2cc(N3CCNCC3)ccc2cc1-c1nc2c(Cl)cccc2s1. The molecule has 3 heterocycles. The van der Waals surface area contributed by atoms with Crippen LogP contribution in [0.15, 0.2) is 51.7 Å². The zero-order valence-electron chi connectivity index (χ0n) is 14.4. The van der Waals surface area contributed by atoms with Gasteiger partial charge in [0.1, 0.15) is 16.1 Å². The second-order valence-electron chi connectivity index (χ2n) is 6.51. The maximum atomic E-state index is 12.6. The Kier molecular flexibility index (Phi) is 4.11. The zero-order valence-corrected chi connectivity index (χ0v) is 15.9. The third-order valence-electron chi connectivity index (χ3n) is 4.80. The monoisotopic (exact) mass is 397 g/mol. The standard InChI is InChI=1S/C20H16ClN3O2S/c21-15-2-1-3-17-18(15)23-19(27-17)14-10-12-4-5-13(11-16(12)26-20(14)25)24-8-6-22-7-9-24/h1-5,10-11,22H,6-9H2. The van der Waals surface area contributed by atoms with E-state index in [-0.39, 0.29) is 5.63 Å². The number of nitrogens with one attached hydrogen (secondary N) is 1. The minimum atomic E-state index is -0.380. The quantitative estimate of drug-likeness (QED) is 0.515. The van der Waals surface area contributed by atoms with Gasteiger partial charge in [0.05, 0.1) is 15.3 Å². The number of benzene rings is 2. The van der Waals surface area contributed by atoms with Gasteiger partial charge in [-0.05, 0) is 30.3 Å². The molecule has 7 heteroatoms. The van der Waals surface area contributed by atoms with Crippen molar-refractivity contribution in [2.75, 3.05) is 31.1 Å². The number of rotatable bonds is 2. The van der Waals surface area contributed by atoms with Gasteiger partial charge >= 0.3 is 5.63 Å². The van der Waals surface area contributed by atoms with Crippen LogP contribution in [0.4, 0.5) is 5.69 Å². The fourth-order valence-corrected chi connectivity index (χ4v) is 4.67. The summed E-state index contributed by atoms with van der Waals surface area (Å²) in [6.07, 6.45) is 0. The van der Waals surface area contributed by atoms with E-state index in [1.54, 1.807) is 6.07 Å². The van der Waals surface area contributed by atoms with Crippen LogP contribution < -0.4 is 15.8 Å². The van der Waals surface area contributed by atoms with Crippen LogP contribution in [0.5, 0.6) is 0 Å². The molecule has 1 aliphatic heterocycles. The molecule has 5 nitrogen and oxygen atoms in total. The third-order valence-corrected chi connectivity index (χ3v) is 6.16. The molecule has 0 unspecified atom stereocenters. The average molecular weight is 398 g/mol. The molecule has 0 saturated carbocycles. The molecule has 27 heavy (non-hydrogen) atoms. The lowest BCUT2D eigenvalue weighted by molar-refractivity contribution is 0.561. The Morgan fingerprint density at radius 3 is 2.81 bits per heavy atom. The summed E-state index contributed by atoms with van der Waals surface area (Å²) in [6.45, 7) is 3.81. The lowest BCUT2D eigenvalue weighted by Gasteiger charge is -2.29. The van der Waals surface area contributed by atoms with Gasteiger partial charge in [0.2, 0.25) is 0 Å². The van der Waals surface area contributed by atoms with Crippen LogP contribution in [0.25, 0.3) is 31.8 Å². The Hall–Kier alpha value is -2.41. The van der Waals surface area contributed by atoms with Gasteiger partial charge in [-0.3, -0.25) is 0 Å². The minimum absolute atomic E-state index is 0.380. The molecule has 0 atom stereocenters. The first-order chi connectivity index (χ1) is 13.2. The number of aromatic nitrogens is 1. The van der Waals surface area contributed by atoms with E-state index in [4.69, 9.17) is 16.0 Å². The molecular weight excluding hydrogens is 382 g/mol. The van der Waals surface area contributed by atoms with Crippen molar-refractivity contribution >= 4 is 49.8 Å². The number of thiazole rings is 1. The smallest absolute Gasteiger partial charge is 0.346 e. The van der Waals surface area contributed by atoms with Crippen molar-refractivity contribution in [2.24, 2.45) is 0 Å². The largest absolute Gasteiger partial charge is 0.422 e. The van der Waals surface area contributed by atoms with E-state index in [0.717, 1.165) is 42.0 Å². The lowest BCUT2D eigenvalue weighted by Crippen LogP contribution is -2.43. The van der Waals surface area contributed by atoms with E-state index in [1.165, 1.54) is 11.3 Å². The van der Waals surface area contributed by atoms with Crippen LogP contribution >= 0.6 is 22.9 Å². The van der Waals surface area contributed by atoms with Crippen molar-refractivity contribution in [3.63, 3.8) is 0 Å². The normalized spacial score (nSPS) is 14.9. The second-order valence-corrected chi connectivity index (χ2v) is 7.95. The van der Waals surface area contributed by atoms with Gasteiger partial charge < -0.3 is 14.6 Å². The Bertz CT molecular complexity index is 1210. The predicted octanol–water partition coefficient (Wildman–Crippen LogP) is 4.13. The van der Waals surface area contributed by atoms with Crippen molar-refractivity contribution < 1.29 is 4.42 Å². The topological polar surface area (TPSA) is 58.4 Å². The lowest BCUT2D eigenvalue weighted by atomic mass is 10.1. The van der Waals surface area contributed by atoms with Crippen LogP contribution in [0.1, 0.15) is 0 Å². The molecule has 0 amide bonds. The minimum Gasteiger partial charge on any atom is -0.422 e. The number of para-hydroxylation sites is 1. The Morgan fingerprint density at radius 2 is 2.00 bits per heavy atom. The van der Waals surface area contributed by atoms with Crippen molar-refractivity contribution in [1.82, 2.24) is 10.3 Å². The van der Waals surface area contributed by atoms with E-state index >= 15 is 0 Å². The van der Waals surface area contributed by atoms with Gasteiger partial charge in [-0.15, -0.1) is 11.3 Å². The van der Waals surface area contributed by atoms with E-state index in [2.05, 4.69) is 21.3 Å². The summed E-state index contributed by atoms with van der Waals surface area (Å²) in [5.41, 5.74) is 2.48. The summed E-state index contributed by atoms with van der Waals surface area (Å²) in [5, 5.41) is 5.43. The zero-order chi connectivity index (χ0) is 18.4. The number of fused-ring (bicyclic) bond motifs is 2. The molecule has 4 aromatic rings. The second kappa shape index (κ2) is 6.64. The summed E-state index contributed by atoms with van der Waals surface area (Å²) in [5.74, 6) is 0. The van der Waals surface area contributed by atoms with Crippen LogP contribution in [0.3, 0.4) is 0 Å². The van der Waals surface area contributed by atoms with Gasteiger partial charge in [-0.2, -0.15) is 0 Å². The molecule has 0 radical (unpaired) electrons. The molecule has 1 fully saturated rings. The van der Waals surface area contributed by atoms with Crippen molar-refractivity contribution in [2.45, 2.75) is 0 Å². The van der Waals surface area contributed by atoms with Crippen molar-refractivity contribution in [3.8, 4) is 10.6 Å². The highest BCUT2D eigenvalue weighted by Crippen LogP contribution is 2.33. The number of halogens is 1. The Morgan fingerprint density at radius 1 is 1.15 bits per heavy atom. The summed E-state index contributed by atoms with van der Waals surface area (Å²) < 4.78 is 6.59. The summed E-state index contributed by atoms with van der Waals surface area (Å²) in [4.78, 5) is 19.5. The molecular formula is C20H16ClN3O2S. The molecule has 5 rings (SSSR count). The molecule has 1 saturated heterocycles. The molecule has 2 aromatic heterocycles. The Labute approximate surface area is 164 Å². The Balaban J connectivity index is 1.60. The fraction of sp³-hybridized carbons (Fsp3) is 0.200. The molecule has 136 valence electrons. The van der Waals surface area contributed by atoms with E-state index in [9.17, 15) is 4.79 Å². The van der Waals surface area contributed by atoms with E-state index in [1.807, 2.05) is 30.3 Å². The van der Waals surface area contributed by atoms with Gasteiger partial charge in [0.15, 0.2) is 0 Å². The highest BCUT2D eigenvalue weighted by molar-refractivity contribution is 7.21. The first kappa shape index (κ1) is 16.7. The molecule has 2 aromatic carbocycles. The van der Waals surface area contributed by atoms with E-state index in [0.29, 0.717) is 26.7 Å². The first-order valence-electron chi connectivity index (χ1n) is 8.78. The van der Waals surface area contributed by atoms with Crippen LogP contribution in [-0.2, 0) is 0 Å². The predicted molar refractivity (Wildman–Crippen MR) is 111 cm³/mol. The average Bonchev–Trinajstić information content (AvgIpc) is 3.13. The first-order valence-corrected chi connectivity index (χ1v) is 9.97. The van der Waals surface area contributed by atoms with Crippen LogP contribution in [0.2, 0.25) is 5.02 Å². The highest BCUT2D eigenvalue weighted by Gasteiger charge is 2.16. The number of hydrogen-bond donors (Lipinski definition) is 1. The third kappa shape index (κ3) is 3.00. The van der Waals surface area contributed by atoms with E-state index < -0.39 is 0 Å². The molecule has 0 spiro atoms. The summed E-state index contributed by atoms with van der Waals surface area (Å²) in [6, 6.07) is 13.5. The van der Waals surface area contributed by atoms with Gasteiger partial charge in [-0.25, -0.2) is 9.78 Å². The number of nitrogens with zero attached hydrogens (tertiary/aromatic N) is 2. The van der Waals surface area contributed by atoms with Crippen LogP contribution in [-0.4, -0.2) is 31.2 Å².